The van der Waals surface area contributed by atoms with Gasteiger partial charge in [-0.05, 0) is 24.3 Å². The van der Waals surface area contributed by atoms with Gasteiger partial charge < -0.3 is 31.2 Å². The highest BCUT2D eigenvalue weighted by atomic mass is 19.3. The molecule has 1 aliphatic carbocycles. The van der Waals surface area contributed by atoms with Crippen molar-refractivity contribution in [3.8, 4) is 23.0 Å². The standard InChI is InChI=1S/C19H16F8N2O4/c20-15(21)5-6-16(22,32-9-1-3-13(30)11(28)7-9)19(27,18(25,26)17(15,23)24)33-10-2-4-14(31)12(29)8-10/h1-4,7-8,30-31H,5-6,28-29H2. The zero-order chi connectivity index (χ0) is 25.0. The van der Waals surface area contributed by atoms with Crippen LogP contribution in [0.15, 0.2) is 36.4 Å². The highest BCUT2D eigenvalue weighted by Gasteiger charge is 2.89. The first kappa shape index (κ1) is 24.3. The fraction of sp³-hybridized carbons (Fsp3) is 0.368. The number of hydrogen-bond acceptors (Lipinski definition) is 6. The van der Waals surface area contributed by atoms with E-state index in [4.69, 9.17) is 11.5 Å². The zero-order valence-electron chi connectivity index (χ0n) is 16.3. The van der Waals surface area contributed by atoms with Crippen LogP contribution in [0, 0.1) is 0 Å². The Morgan fingerprint density at radius 2 is 1.12 bits per heavy atom. The summed E-state index contributed by atoms with van der Waals surface area (Å²) >= 11 is 0. The molecule has 0 aromatic heterocycles. The van der Waals surface area contributed by atoms with E-state index in [0.29, 0.717) is 30.3 Å². The maximum atomic E-state index is 15.8. The third-order valence-electron chi connectivity index (χ3n) is 5.03. The lowest BCUT2D eigenvalue weighted by Gasteiger charge is -2.42. The second-order valence-corrected chi connectivity index (χ2v) is 7.32. The molecule has 0 aliphatic heterocycles. The Morgan fingerprint density at radius 3 is 1.58 bits per heavy atom. The monoisotopic (exact) mass is 488 g/mol. The Bertz CT molecular complexity index is 1070. The highest BCUT2D eigenvalue weighted by molar-refractivity contribution is 5.56. The molecule has 0 saturated heterocycles. The van der Waals surface area contributed by atoms with E-state index >= 15 is 8.78 Å². The number of alkyl halides is 8. The number of phenolic OH excluding ortho intramolecular Hbond substituents is 2. The number of ether oxygens (including phenoxy) is 2. The first-order chi connectivity index (χ1) is 15.0. The lowest BCUT2D eigenvalue weighted by Crippen LogP contribution is -2.71. The summed E-state index contributed by atoms with van der Waals surface area (Å²) in [7, 11) is 0. The zero-order valence-corrected chi connectivity index (χ0v) is 16.3. The number of halogens is 8. The van der Waals surface area contributed by atoms with Crippen LogP contribution in [0.25, 0.3) is 0 Å². The quantitative estimate of drug-likeness (QED) is 0.214. The van der Waals surface area contributed by atoms with Crippen molar-refractivity contribution in [2.24, 2.45) is 0 Å². The van der Waals surface area contributed by atoms with Crippen LogP contribution in [0.5, 0.6) is 23.0 Å². The minimum atomic E-state index is -6.51. The summed E-state index contributed by atoms with van der Waals surface area (Å²) in [6.07, 6.45) is -4.28. The first-order valence-corrected chi connectivity index (χ1v) is 9.04. The van der Waals surface area contributed by atoms with E-state index in [-0.39, 0.29) is 0 Å². The van der Waals surface area contributed by atoms with Gasteiger partial charge in [-0.1, -0.05) is 0 Å². The predicted molar refractivity (Wildman–Crippen MR) is 98.0 cm³/mol. The summed E-state index contributed by atoms with van der Waals surface area (Å²) in [5.41, 5.74) is 9.55. The van der Waals surface area contributed by atoms with Crippen LogP contribution < -0.4 is 20.9 Å². The number of phenols is 2. The number of anilines is 2. The Morgan fingerprint density at radius 1 is 0.667 bits per heavy atom. The van der Waals surface area contributed by atoms with Crippen molar-refractivity contribution in [1.29, 1.82) is 0 Å². The average molecular weight is 488 g/mol. The molecular weight excluding hydrogens is 472 g/mol. The van der Waals surface area contributed by atoms with Crippen LogP contribution >= 0.6 is 0 Å². The van der Waals surface area contributed by atoms with Crippen LogP contribution in [-0.4, -0.2) is 39.7 Å². The average Bonchev–Trinajstić information content (AvgIpc) is 2.73. The van der Waals surface area contributed by atoms with Gasteiger partial charge in [0.05, 0.1) is 11.4 Å². The molecule has 0 radical (unpaired) electrons. The molecule has 0 bridgehead atoms. The molecule has 2 unspecified atom stereocenters. The molecule has 2 atom stereocenters. The first-order valence-electron chi connectivity index (χ1n) is 9.04. The summed E-state index contributed by atoms with van der Waals surface area (Å²) in [5, 5.41) is 18.8. The van der Waals surface area contributed by atoms with Crippen molar-refractivity contribution in [2.75, 3.05) is 11.5 Å². The van der Waals surface area contributed by atoms with Gasteiger partial charge in [0, 0.05) is 25.0 Å². The molecule has 3 rings (SSSR count). The molecule has 1 fully saturated rings. The summed E-state index contributed by atoms with van der Waals surface area (Å²) < 4.78 is 126. The highest BCUT2D eigenvalue weighted by Crippen LogP contribution is 2.61. The smallest absolute Gasteiger partial charge is 0.391 e. The third-order valence-corrected chi connectivity index (χ3v) is 5.03. The van der Waals surface area contributed by atoms with E-state index < -0.39 is 76.7 Å². The summed E-state index contributed by atoms with van der Waals surface area (Å²) in [5.74, 6) is -31.9. The number of rotatable bonds is 4. The number of nitrogens with two attached hydrogens (primary N) is 2. The lowest BCUT2D eigenvalue weighted by atomic mass is 9.96. The van der Waals surface area contributed by atoms with Crippen molar-refractivity contribution in [1.82, 2.24) is 0 Å². The van der Waals surface area contributed by atoms with Gasteiger partial charge in [0.25, 0.3) is 0 Å². The predicted octanol–water partition coefficient (Wildman–Crippen LogP) is 4.75. The molecule has 33 heavy (non-hydrogen) atoms. The maximum absolute atomic E-state index is 15.8. The van der Waals surface area contributed by atoms with Gasteiger partial charge in [-0.15, -0.1) is 0 Å². The molecule has 2 aromatic carbocycles. The van der Waals surface area contributed by atoms with Gasteiger partial charge in [0.15, 0.2) is 0 Å². The van der Waals surface area contributed by atoms with E-state index in [0.717, 1.165) is 6.07 Å². The molecule has 6 nitrogen and oxygen atoms in total. The van der Waals surface area contributed by atoms with Crippen LogP contribution in [-0.2, 0) is 0 Å². The van der Waals surface area contributed by atoms with Crippen LogP contribution in [0.2, 0.25) is 0 Å². The van der Waals surface area contributed by atoms with Crippen molar-refractivity contribution in [3.63, 3.8) is 0 Å². The Balaban J connectivity index is 2.20. The normalized spacial score (nSPS) is 28.0. The van der Waals surface area contributed by atoms with E-state index in [1.807, 2.05) is 0 Å². The second-order valence-electron chi connectivity index (χ2n) is 7.32. The van der Waals surface area contributed by atoms with E-state index in [1.54, 1.807) is 0 Å². The van der Waals surface area contributed by atoms with E-state index in [1.165, 1.54) is 0 Å². The largest absolute Gasteiger partial charge is 0.506 e. The number of aromatic hydroxyl groups is 2. The Kier molecular flexibility index (Phi) is 5.42. The fourth-order valence-electron chi connectivity index (χ4n) is 3.10. The third kappa shape index (κ3) is 3.56. The number of nitrogen functional groups attached to an aromatic ring is 2. The molecule has 14 heteroatoms. The summed E-state index contributed by atoms with van der Waals surface area (Å²) in [4.78, 5) is 0. The van der Waals surface area contributed by atoms with E-state index in [9.17, 15) is 36.6 Å². The molecule has 182 valence electrons. The van der Waals surface area contributed by atoms with Gasteiger partial charge in [0.1, 0.15) is 23.0 Å². The Hall–Kier alpha value is -3.32. The minimum absolute atomic E-state index is 0.479. The number of benzene rings is 2. The van der Waals surface area contributed by atoms with Gasteiger partial charge in [-0.25, -0.2) is 0 Å². The second kappa shape index (κ2) is 7.35. The minimum Gasteiger partial charge on any atom is -0.506 e. The molecular formula is C19H16F8N2O4. The van der Waals surface area contributed by atoms with Crippen LogP contribution in [0.1, 0.15) is 12.8 Å². The molecule has 0 heterocycles. The van der Waals surface area contributed by atoms with Crippen LogP contribution in [0.3, 0.4) is 0 Å². The van der Waals surface area contributed by atoms with Gasteiger partial charge in [-0.3, -0.25) is 0 Å². The number of hydrogen-bond donors (Lipinski definition) is 4. The van der Waals surface area contributed by atoms with Crippen molar-refractivity contribution in [3.05, 3.63) is 36.4 Å². The van der Waals surface area contributed by atoms with Gasteiger partial charge >= 0.3 is 29.5 Å². The van der Waals surface area contributed by atoms with Gasteiger partial charge in [-0.2, -0.15) is 35.1 Å². The summed E-state index contributed by atoms with van der Waals surface area (Å²) in [6.45, 7) is 0. The molecule has 0 spiro atoms. The van der Waals surface area contributed by atoms with Crippen molar-refractivity contribution in [2.45, 2.75) is 42.3 Å². The topological polar surface area (TPSA) is 111 Å². The lowest BCUT2D eigenvalue weighted by molar-refractivity contribution is -0.404. The molecule has 6 N–H and O–H groups in total. The van der Waals surface area contributed by atoms with E-state index in [2.05, 4.69) is 9.47 Å². The van der Waals surface area contributed by atoms with Crippen molar-refractivity contribution < 1.29 is 54.8 Å². The molecule has 2 aromatic rings. The Labute approximate surface area is 180 Å². The molecule has 0 amide bonds. The maximum Gasteiger partial charge on any atom is 0.391 e. The molecule has 1 aliphatic rings. The van der Waals surface area contributed by atoms with Gasteiger partial charge in [0.2, 0.25) is 0 Å². The van der Waals surface area contributed by atoms with Crippen molar-refractivity contribution >= 4 is 11.4 Å². The van der Waals surface area contributed by atoms with Crippen LogP contribution in [0.4, 0.5) is 46.5 Å². The summed E-state index contributed by atoms with van der Waals surface area (Å²) in [6, 6.07) is 3.81. The SMILES string of the molecule is Nc1cc(OC2(F)CCC(F)(F)C(F)(F)C(F)(F)C2(F)Oc2ccc(O)c(N)c2)ccc1O. The fourth-order valence-corrected chi connectivity index (χ4v) is 3.10. The molecule has 1 saturated carbocycles.